The SMILES string of the molecule is O=C(Cc1ccccc1)Nc1cnn(-c2cccc(C(=O)N[C@H]3CCCNC3)c2)c1.O=C(O)C(F)(F)F.O=C(O)C(F)(F)F. The first-order valence-corrected chi connectivity index (χ1v) is 12.7. The molecule has 4 rings (SSSR count). The Hall–Kier alpha value is -4.93. The van der Waals surface area contributed by atoms with E-state index in [1.165, 1.54) is 0 Å². The maximum atomic E-state index is 12.6. The fraction of sp³-hybridized carbons (Fsp3) is 0.296. The number of carboxylic acids is 2. The van der Waals surface area contributed by atoms with E-state index in [0.29, 0.717) is 17.7 Å². The molecule has 0 spiro atoms. The van der Waals surface area contributed by atoms with Gasteiger partial charge in [0.05, 0.1) is 30.2 Å². The molecule has 0 unspecified atom stereocenters. The highest BCUT2D eigenvalue weighted by molar-refractivity contribution is 5.95. The molecule has 0 bridgehead atoms. The standard InChI is InChI=1S/C23H25N5O2.2C2HF3O2/c29-22(12-17-6-2-1-3-7-17)26-20-15-25-28(16-20)21-10-4-8-18(13-21)23(30)27-19-9-5-11-24-14-19;2*3-2(4,5)1(6)7/h1-4,6-8,10,13,15-16,19,24H,5,9,11-12,14H2,(H,26,29)(H,27,30);2*(H,6,7)/t19-;;/m0../s1. The minimum Gasteiger partial charge on any atom is -0.475 e. The number of rotatable bonds is 6. The van der Waals surface area contributed by atoms with Gasteiger partial charge in [-0.25, -0.2) is 14.3 Å². The van der Waals surface area contributed by atoms with Gasteiger partial charge in [0, 0.05) is 18.2 Å². The summed E-state index contributed by atoms with van der Waals surface area (Å²) in [4.78, 5) is 42.6. The number of carbonyl (C=O) groups excluding carboxylic acids is 2. The Labute approximate surface area is 245 Å². The molecule has 0 radical (unpaired) electrons. The lowest BCUT2D eigenvalue weighted by molar-refractivity contribution is -0.193. The quantitative estimate of drug-likeness (QED) is 0.257. The Kier molecular flexibility index (Phi) is 12.9. The third kappa shape index (κ3) is 12.5. The van der Waals surface area contributed by atoms with Crippen molar-refractivity contribution < 1.29 is 55.7 Å². The molecule has 1 aliphatic rings. The fourth-order valence-electron chi connectivity index (χ4n) is 3.55. The smallest absolute Gasteiger partial charge is 0.475 e. The number of aliphatic carboxylic acids is 2. The molecule has 0 aliphatic carbocycles. The number of amides is 2. The Balaban J connectivity index is 0.000000402. The van der Waals surface area contributed by atoms with Gasteiger partial charge in [0.2, 0.25) is 5.91 Å². The number of halogens is 6. The second-order valence-corrected chi connectivity index (χ2v) is 9.06. The molecule has 3 aromatic rings. The summed E-state index contributed by atoms with van der Waals surface area (Å²) in [5, 5.41) is 27.8. The van der Waals surface area contributed by atoms with Crippen molar-refractivity contribution in [1.29, 1.82) is 0 Å². The molecule has 2 heterocycles. The van der Waals surface area contributed by atoms with Crippen molar-refractivity contribution in [2.24, 2.45) is 0 Å². The predicted octanol–water partition coefficient (Wildman–Crippen LogP) is 3.80. The fourth-order valence-corrected chi connectivity index (χ4v) is 3.55. The summed E-state index contributed by atoms with van der Waals surface area (Å²) < 4.78 is 65.1. The molecule has 1 aliphatic heterocycles. The van der Waals surface area contributed by atoms with E-state index in [-0.39, 0.29) is 17.9 Å². The second kappa shape index (κ2) is 16.1. The van der Waals surface area contributed by atoms with E-state index in [4.69, 9.17) is 19.8 Å². The molecule has 1 saturated heterocycles. The van der Waals surface area contributed by atoms with Gasteiger partial charge in [-0.15, -0.1) is 0 Å². The molecule has 11 nitrogen and oxygen atoms in total. The number of hydrogen-bond acceptors (Lipinski definition) is 6. The summed E-state index contributed by atoms with van der Waals surface area (Å²) in [6.45, 7) is 1.81. The van der Waals surface area contributed by atoms with Gasteiger partial charge in [-0.2, -0.15) is 31.4 Å². The normalized spacial score (nSPS) is 14.5. The van der Waals surface area contributed by atoms with Gasteiger partial charge >= 0.3 is 24.3 Å². The molecule has 1 fully saturated rings. The highest BCUT2D eigenvalue weighted by atomic mass is 19.4. The van der Waals surface area contributed by atoms with E-state index in [2.05, 4.69) is 21.0 Å². The number of anilines is 1. The van der Waals surface area contributed by atoms with Gasteiger partial charge < -0.3 is 26.2 Å². The summed E-state index contributed by atoms with van der Waals surface area (Å²) in [6.07, 6.45) is -4.47. The van der Waals surface area contributed by atoms with Crippen molar-refractivity contribution in [3.8, 4) is 5.69 Å². The van der Waals surface area contributed by atoms with E-state index in [1.807, 2.05) is 42.5 Å². The van der Waals surface area contributed by atoms with Gasteiger partial charge in [0.15, 0.2) is 0 Å². The van der Waals surface area contributed by atoms with Crippen LogP contribution in [0, 0.1) is 0 Å². The van der Waals surface area contributed by atoms with Crippen molar-refractivity contribution in [3.05, 3.63) is 78.1 Å². The first-order chi connectivity index (χ1) is 20.6. The summed E-state index contributed by atoms with van der Waals surface area (Å²) in [5.41, 5.74) is 2.91. The minimum atomic E-state index is -5.08. The highest BCUT2D eigenvalue weighted by Gasteiger charge is 2.38. The molecule has 2 amide bonds. The van der Waals surface area contributed by atoms with Crippen LogP contribution in [0.2, 0.25) is 0 Å². The van der Waals surface area contributed by atoms with Crippen LogP contribution in [-0.2, 0) is 20.8 Å². The number of nitrogens with zero attached hydrogens (tertiary/aromatic N) is 2. The zero-order chi connectivity index (χ0) is 32.9. The van der Waals surface area contributed by atoms with Crippen molar-refractivity contribution in [3.63, 3.8) is 0 Å². The summed E-state index contributed by atoms with van der Waals surface area (Å²) in [5.74, 6) is -5.70. The van der Waals surface area contributed by atoms with Crippen LogP contribution in [0.1, 0.15) is 28.8 Å². The van der Waals surface area contributed by atoms with Crippen LogP contribution >= 0.6 is 0 Å². The van der Waals surface area contributed by atoms with Crippen LogP contribution in [0.3, 0.4) is 0 Å². The van der Waals surface area contributed by atoms with Gasteiger partial charge in [0.1, 0.15) is 0 Å². The Morgan fingerprint density at radius 3 is 2.09 bits per heavy atom. The maximum Gasteiger partial charge on any atom is 0.490 e. The van der Waals surface area contributed by atoms with E-state index in [1.54, 1.807) is 29.2 Å². The molecule has 238 valence electrons. The zero-order valence-corrected chi connectivity index (χ0v) is 22.7. The topological polar surface area (TPSA) is 163 Å². The van der Waals surface area contributed by atoms with E-state index >= 15 is 0 Å². The lowest BCUT2D eigenvalue weighted by atomic mass is 10.1. The Morgan fingerprint density at radius 1 is 0.932 bits per heavy atom. The van der Waals surface area contributed by atoms with Crippen LogP contribution in [0.4, 0.5) is 32.0 Å². The van der Waals surface area contributed by atoms with Gasteiger partial charge in [-0.3, -0.25) is 9.59 Å². The van der Waals surface area contributed by atoms with Gasteiger partial charge in [0.25, 0.3) is 5.91 Å². The van der Waals surface area contributed by atoms with Crippen molar-refractivity contribution in [1.82, 2.24) is 20.4 Å². The number of aromatic nitrogens is 2. The Bertz CT molecular complexity index is 1380. The Morgan fingerprint density at radius 2 is 1.55 bits per heavy atom. The zero-order valence-electron chi connectivity index (χ0n) is 22.7. The van der Waals surface area contributed by atoms with Crippen molar-refractivity contribution in [2.75, 3.05) is 18.4 Å². The molecule has 17 heteroatoms. The average Bonchev–Trinajstić information content (AvgIpc) is 3.42. The average molecular weight is 632 g/mol. The molecule has 44 heavy (non-hydrogen) atoms. The van der Waals surface area contributed by atoms with Gasteiger partial charge in [-0.1, -0.05) is 36.4 Å². The first-order valence-electron chi connectivity index (χ1n) is 12.7. The summed E-state index contributed by atoms with van der Waals surface area (Å²) in [6, 6.07) is 17.0. The third-order valence-electron chi connectivity index (χ3n) is 5.56. The van der Waals surface area contributed by atoms with E-state index < -0.39 is 24.3 Å². The summed E-state index contributed by atoms with van der Waals surface area (Å²) >= 11 is 0. The second-order valence-electron chi connectivity index (χ2n) is 9.06. The molecule has 1 atom stereocenters. The number of carbonyl (C=O) groups is 4. The molecule has 5 N–H and O–H groups in total. The number of carboxylic acid groups (broad SMARTS) is 2. The largest absolute Gasteiger partial charge is 0.490 e. The summed E-state index contributed by atoms with van der Waals surface area (Å²) in [7, 11) is 0. The monoisotopic (exact) mass is 631 g/mol. The molecule has 1 aromatic heterocycles. The number of benzene rings is 2. The van der Waals surface area contributed by atoms with Crippen molar-refractivity contribution in [2.45, 2.75) is 37.7 Å². The molecular weight excluding hydrogens is 604 g/mol. The van der Waals surface area contributed by atoms with E-state index in [9.17, 15) is 35.9 Å². The number of nitrogens with one attached hydrogen (secondary N) is 3. The minimum absolute atomic E-state index is 0.0888. The van der Waals surface area contributed by atoms with Crippen LogP contribution < -0.4 is 16.0 Å². The third-order valence-corrected chi connectivity index (χ3v) is 5.56. The molecule has 0 saturated carbocycles. The number of hydrogen-bond donors (Lipinski definition) is 5. The van der Waals surface area contributed by atoms with Crippen LogP contribution in [0.25, 0.3) is 5.69 Å². The lowest BCUT2D eigenvalue weighted by Gasteiger charge is -2.23. The highest BCUT2D eigenvalue weighted by Crippen LogP contribution is 2.16. The molecular formula is C27H27F6N5O6. The number of piperidine rings is 1. The van der Waals surface area contributed by atoms with Crippen LogP contribution in [0.5, 0.6) is 0 Å². The van der Waals surface area contributed by atoms with Gasteiger partial charge in [-0.05, 0) is 43.1 Å². The number of alkyl halides is 6. The maximum absolute atomic E-state index is 12.6. The van der Waals surface area contributed by atoms with Crippen LogP contribution in [-0.4, -0.2) is 75.2 Å². The molecule has 2 aromatic carbocycles. The van der Waals surface area contributed by atoms with Crippen LogP contribution in [0.15, 0.2) is 67.0 Å². The lowest BCUT2D eigenvalue weighted by Crippen LogP contribution is -2.45. The first kappa shape index (κ1) is 35.3. The van der Waals surface area contributed by atoms with E-state index in [0.717, 1.165) is 37.2 Å². The van der Waals surface area contributed by atoms with Crippen molar-refractivity contribution >= 4 is 29.4 Å². The predicted molar refractivity (Wildman–Crippen MR) is 143 cm³/mol.